The summed E-state index contributed by atoms with van der Waals surface area (Å²) < 4.78 is 28.2. The quantitative estimate of drug-likeness (QED) is 0.709. The number of hydrogen-bond donors (Lipinski definition) is 2. The van der Waals surface area contributed by atoms with Gasteiger partial charge in [0.25, 0.3) is 6.43 Å². The Bertz CT molecular complexity index is 383. The Kier molecular flexibility index (Phi) is 6.99. The fourth-order valence-corrected chi connectivity index (χ4v) is 1.48. The van der Waals surface area contributed by atoms with Gasteiger partial charge in [-0.1, -0.05) is 12.1 Å². The lowest BCUT2D eigenvalue weighted by atomic mass is 10.1. The molecule has 0 saturated carbocycles. The van der Waals surface area contributed by atoms with Gasteiger partial charge in [-0.2, -0.15) is 0 Å². The summed E-state index contributed by atoms with van der Waals surface area (Å²) in [6.07, 6.45) is -1.66. The van der Waals surface area contributed by atoms with Crippen LogP contribution in [-0.4, -0.2) is 32.1 Å². The zero-order valence-corrected chi connectivity index (χ0v) is 10.6. The molecule has 0 radical (unpaired) electrons. The third-order valence-electron chi connectivity index (χ3n) is 2.39. The highest BCUT2D eigenvalue weighted by molar-refractivity contribution is 5.90. The van der Waals surface area contributed by atoms with E-state index >= 15 is 0 Å². The van der Waals surface area contributed by atoms with E-state index in [-0.39, 0.29) is 18.9 Å². The summed E-state index contributed by atoms with van der Waals surface area (Å²) in [7, 11) is 0. The normalized spacial score (nSPS) is 10.7. The molecule has 1 amide bonds. The molecular formula is C13H18F2N2O2. The number of carbonyl (C=O) groups excluding carboxylic acids is 1. The average Bonchev–Trinajstić information content (AvgIpc) is 2.37. The van der Waals surface area contributed by atoms with Crippen molar-refractivity contribution in [3.05, 3.63) is 29.8 Å². The predicted octanol–water partition coefficient (Wildman–Crippen LogP) is 1.80. The summed E-state index contributed by atoms with van der Waals surface area (Å²) >= 11 is 0. The number of amides is 1. The number of rotatable bonds is 8. The van der Waals surface area contributed by atoms with Crippen molar-refractivity contribution in [2.45, 2.75) is 19.3 Å². The van der Waals surface area contributed by atoms with Crippen molar-refractivity contribution < 1.29 is 18.3 Å². The Hall–Kier alpha value is -1.53. The summed E-state index contributed by atoms with van der Waals surface area (Å²) in [4.78, 5) is 11.5. The van der Waals surface area contributed by atoms with Crippen LogP contribution in [0.3, 0.4) is 0 Å². The fraction of sp³-hybridized carbons (Fsp3) is 0.462. The molecule has 0 heterocycles. The molecule has 19 heavy (non-hydrogen) atoms. The largest absolute Gasteiger partial charge is 0.375 e. The minimum absolute atomic E-state index is 0.0125. The van der Waals surface area contributed by atoms with Crippen molar-refractivity contribution in [2.24, 2.45) is 5.73 Å². The second-order valence-corrected chi connectivity index (χ2v) is 4.00. The highest BCUT2D eigenvalue weighted by atomic mass is 19.3. The van der Waals surface area contributed by atoms with Gasteiger partial charge in [0.1, 0.15) is 6.61 Å². The van der Waals surface area contributed by atoms with Crippen LogP contribution in [0.2, 0.25) is 0 Å². The monoisotopic (exact) mass is 272 g/mol. The van der Waals surface area contributed by atoms with E-state index in [1.165, 1.54) is 0 Å². The summed E-state index contributed by atoms with van der Waals surface area (Å²) in [6.45, 7) is -0.0737. The van der Waals surface area contributed by atoms with Crippen molar-refractivity contribution in [3.8, 4) is 0 Å². The summed E-state index contributed by atoms with van der Waals surface area (Å²) in [5.74, 6) is -0.263. The molecule has 1 rings (SSSR count). The van der Waals surface area contributed by atoms with Gasteiger partial charge in [-0.05, 0) is 30.7 Å². The lowest BCUT2D eigenvalue weighted by Gasteiger charge is -2.07. The predicted molar refractivity (Wildman–Crippen MR) is 69.3 cm³/mol. The molecule has 106 valence electrons. The lowest BCUT2D eigenvalue weighted by molar-refractivity contribution is -0.117. The van der Waals surface area contributed by atoms with Crippen molar-refractivity contribution in [1.29, 1.82) is 0 Å². The van der Waals surface area contributed by atoms with Gasteiger partial charge >= 0.3 is 0 Å². The third-order valence-corrected chi connectivity index (χ3v) is 2.39. The number of halogens is 2. The minimum Gasteiger partial charge on any atom is -0.375 e. The Balaban J connectivity index is 2.27. The van der Waals surface area contributed by atoms with Crippen LogP contribution in [-0.2, 0) is 16.0 Å². The highest BCUT2D eigenvalue weighted by Gasteiger charge is 2.05. The number of alkyl halides is 2. The molecule has 0 unspecified atom stereocenters. The summed E-state index contributed by atoms with van der Waals surface area (Å²) in [5.41, 5.74) is 7.20. The fourth-order valence-electron chi connectivity index (χ4n) is 1.48. The van der Waals surface area contributed by atoms with E-state index in [4.69, 9.17) is 5.73 Å². The van der Waals surface area contributed by atoms with Gasteiger partial charge in [0.05, 0.1) is 13.0 Å². The first-order chi connectivity index (χ1) is 9.11. The smallest absolute Gasteiger partial charge is 0.261 e. The van der Waals surface area contributed by atoms with Crippen molar-refractivity contribution in [2.75, 3.05) is 25.1 Å². The van der Waals surface area contributed by atoms with Gasteiger partial charge in [-0.3, -0.25) is 4.79 Å². The molecule has 0 aliphatic rings. The maximum Gasteiger partial charge on any atom is 0.261 e. The van der Waals surface area contributed by atoms with E-state index in [1.807, 2.05) is 12.1 Å². The lowest BCUT2D eigenvalue weighted by Crippen LogP contribution is -2.15. The molecule has 1 aromatic carbocycles. The van der Waals surface area contributed by atoms with Crippen LogP contribution >= 0.6 is 0 Å². The van der Waals surface area contributed by atoms with Crippen LogP contribution < -0.4 is 11.1 Å². The number of nitrogens with one attached hydrogen (secondary N) is 1. The van der Waals surface area contributed by atoms with Crippen molar-refractivity contribution >= 4 is 11.6 Å². The summed E-state index contributed by atoms with van der Waals surface area (Å²) in [5, 5.41) is 2.66. The first-order valence-electron chi connectivity index (χ1n) is 6.06. The molecule has 0 bridgehead atoms. The van der Waals surface area contributed by atoms with Gasteiger partial charge < -0.3 is 15.8 Å². The molecule has 6 heteroatoms. The standard InChI is InChI=1S/C13H18F2N2O2/c14-12(15)9-19-8-6-13(18)17-11-3-1-10(2-4-11)5-7-16/h1-4,12H,5-9,16H2,(H,17,18). The summed E-state index contributed by atoms with van der Waals surface area (Å²) in [6, 6.07) is 7.33. The first kappa shape index (κ1) is 15.5. The highest BCUT2D eigenvalue weighted by Crippen LogP contribution is 2.10. The van der Waals surface area contributed by atoms with E-state index in [2.05, 4.69) is 10.1 Å². The van der Waals surface area contributed by atoms with Crippen LogP contribution in [0, 0.1) is 0 Å². The molecular weight excluding hydrogens is 254 g/mol. The molecule has 0 atom stereocenters. The number of ether oxygens (including phenoxy) is 1. The van der Waals surface area contributed by atoms with Gasteiger partial charge in [-0.15, -0.1) is 0 Å². The Morgan fingerprint density at radius 1 is 1.32 bits per heavy atom. The number of carbonyl (C=O) groups is 1. The van der Waals surface area contributed by atoms with Gasteiger partial charge in [0, 0.05) is 5.69 Å². The second kappa shape index (κ2) is 8.55. The van der Waals surface area contributed by atoms with Crippen molar-refractivity contribution in [1.82, 2.24) is 0 Å². The van der Waals surface area contributed by atoms with E-state index in [0.717, 1.165) is 12.0 Å². The minimum atomic E-state index is -2.50. The molecule has 0 spiro atoms. The zero-order chi connectivity index (χ0) is 14.1. The SMILES string of the molecule is NCCc1ccc(NC(=O)CCOCC(F)F)cc1. The van der Waals surface area contributed by atoms with Crippen LogP contribution in [0.5, 0.6) is 0 Å². The third kappa shape index (κ3) is 6.83. The Morgan fingerprint density at radius 3 is 2.58 bits per heavy atom. The average molecular weight is 272 g/mol. The van der Waals surface area contributed by atoms with Crippen molar-refractivity contribution in [3.63, 3.8) is 0 Å². The molecule has 4 nitrogen and oxygen atoms in total. The van der Waals surface area contributed by atoms with Crippen LogP contribution in [0.1, 0.15) is 12.0 Å². The van der Waals surface area contributed by atoms with E-state index in [1.54, 1.807) is 12.1 Å². The second-order valence-electron chi connectivity index (χ2n) is 4.00. The molecule has 3 N–H and O–H groups in total. The van der Waals surface area contributed by atoms with Gasteiger partial charge in [0.2, 0.25) is 5.91 Å². The van der Waals surface area contributed by atoms with E-state index < -0.39 is 13.0 Å². The van der Waals surface area contributed by atoms with Crippen LogP contribution in [0.4, 0.5) is 14.5 Å². The molecule has 1 aromatic rings. The van der Waals surface area contributed by atoms with Crippen LogP contribution in [0.25, 0.3) is 0 Å². The number of benzene rings is 1. The molecule has 0 aliphatic heterocycles. The van der Waals surface area contributed by atoms with E-state index in [9.17, 15) is 13.6 Å². The maximum absolute atomic E-state index is 11.8. The van der Waals surface area contributed by atoms with Crippen LogP contribution in [0.15, 0.2) is 24.3 Å². The number of hydrogen-bond acceptors (Lipinski definition) is 3. The van der Waals surface area contributed by atoms with Gasteiger partial charge in [0.15, 0.2) is 0 Å². The maximum atomic E-state index is 11.8. The molecule has 0 aliphatic carbocycles. The molecule has 0 aromatic heterocycles. The van der Waals surface area contributed by atoms with Gasteiger partial charge in [-0.25, -0.2) is 8.78 Å². The zero-order valence-electron chi connectivity index (χ0n) is 10.6. The van der Waals surface area contributed by atoms with E-state index in [0.29, 0.717) is 12.2 Å². The molecule has 0 fully saturated rings. The molecule has 0 saturated heterocycles. The topological polar surface area (TPSA) is 64.3 Å². The first-order valence-corrected chi connectivity index (χ1v) is 6.06. The number of nitrogens with two attached hydrogens (primary N) is 1. The number of anilines is 1. The Labute approximate surface area is 110 Å². The Morgan fingerprint density at radius 2 is 2.00 bits per heavy atom.